The zero-order chi connectivity index (χ0) is 11.5. The van der Waals surface area contributed by atoms with Gasteiger partial charge in [-0.1, -0.05) is 19.1 Å². The molecule has 1 aliphatic heterocycles. The van der Waals surface area contributed by atoms with E-state index in [9.17, 15) is 5.11 Å². The van der Waals surface area contributed by atoms with Gasteiger partial charge in [0.1, 0.15) is 5.75 Å². The molecule has 1 fully saturated rings. The minimum Gasteiger partial charge on any atom is -0.508 e. The van der Waals surface area contributed by atoms with Crippen LogP contribution in [0.1, 0.15) is 31.4 Å². The second kappa shape index (κ2) is 4.85. The fourth-order valence-electron chi connectivity index (χ4n) is 2.50. The fraction of sp³-hybridized carbons (Fsp3) is 0.538. The number of benzene rings is 1. The highest BCUT2D eigenvalue weighted by Gasteiger charge is 2.25. The molecule has 16 heavy (non-hydrogen) atoms. The molecule has 0 bridgehead atoms. The Labute approximate surface area is 96.9 Å². The van der Waals surface area contributed by atoms with E-state index in [1.54, 1.807) is 12.1 Å². The van der Waals surface area contributed by atoms with Crippen LogP contribution in [0.15, 0.2) is 24.3 Å². The van der Waals surface area contributed by atoms with Gasteiger partial charge >= 0.3 is 0 Å². The summed E-state index contributed by atoms with van der Waals surface area (Å²) in [7, 11) is 0. The van der Waals surface area contributed by atoms with Crippen molar-refractivity contribution in [2.24, 2.45) is 5.73 Å². The topological polar surface area (TPSA) is 49.5 Å². The van der Waals surface area contributed by atoms with Crippen LogP contribution in [0.4, 0.5) is 0 Å². The Morgan fingerprint density at radius 3 is 2.62 bits per heavy atom. The third-order valence-electron chi connectivity index (χ3n) is 3.36. The van der Waals surface area contributed by atoms with Crippen LogP contribution in [0.2, 0.25) is 0 Å². The molecule has 0 radical (unpaired) electrons. The van der Waals surface area contributed by atoms with Crippen LogP contribution in [0.3, 0.4) is 0 Å². The summed E-state index contributed by atoms with van der Waals surface area (Å²) >= 11 is 0. The van der Waals surface area contributed by atoms with Gasteiger partial charge in [-0.05, 0) is 30.5 Å². The fourth-order valence-corrected chi connectivity index (χ4v) is 2.50. The number of nitrogens with zero attached hydrogens (tertiary/aromatic N) is 1. The first kappa shape index (κ1) is 11.4. The number of nitrogens with two attached hydrogens (primary N) is 1. The summed E-state index contributed by atoms with van der Waals surface area (Å²) < 4.78 is 0. The van der Waals surface area contributed by atoms with Crippen molar-refractivity contribution >= 4 is 0 Å². The lowest BCUT2D eigenvalue weighted by molar-refractivity contribution is 0.236. The molecule has 0 aromatic heterocycles. The molecule has 1 aliphatic rings. The lowest BCUT2D eigenvalue weighted by atomic mass is 10.0. The summed E-state index contributed by atoms with van der Waals surface area (Å²) in [5, 5.41) is 9.28. The molecule has 88 valence electrons. The third-order valence-corrected chi connectivity index (χ3v) is 3.36. The maximum Gasteiger partial charge on any atom is 0.115 e. The van der Waals surface area contributed by atoms with E-state index in [-0.39, 0.29) is 0 Å². The van der Waals surface area contributed by atoms with Crippen molar-refractivity contribution in [3.8, 4) is 5.75 Å². The Morgan fingerprint density at radius 1 is 1.44 bits per heavy atom. The van der Waals surface area contributed by atoms with E-state index < -0.39 is 0 Å². The van der Waals surface area contributed by atoms with Gasteiger partial charge in [0.25, 0.3) is 0 Å². The minimum atomic E-state index is 0.325. The van der Waals surface area contributed by atoms with E-state index in [1.165, 1.54) is 5.56 Å². The van der Waals surface area contributed by atoms with E-state index in [2.05, 4.69) is 11.8 Å². The molecule has 3 heteroatoms. The molecule has 3 N–H and O–H groups in total. The van der Waals surface area contributed by atoms with Crippen molar-refractivity contribution in [1.29, 1.82) is 0 Å². The minimum absolute atomic E-state index is 0.325. The van der Waals surface area contributed by atoms with Gasteiger partial charge in [-0.3, -0.25) is 4.90 Å². The Bertz CT molecular complexity index is 336. The van der Waals surface area contributed by atoms with Crippen molar-refractivity contribution in [3.05, 3.63) is 29.8 Å². The van der Waals surface area contributed by atoms with Gasteiger partial charge in [0.2, 0.25) is 0 Å². The maximum atomic E-state index is 9.28. The lowest BCUT2D eigenvalue weighted by Gasteiger charge is -2.27. The molecule has 2 rings (SSSR count). The molecule has 0 spiro atoms. The molecule has 3 nitrogen and oxygen atoms in total. The second-order valence-corrected chi connectivity index (χ2v) is 4.56. The van der Waals surface area contributed by atoms with Crippen molar-refractivity contribution in [2.45, 2.75) is 31.8 Å². The average Bonchev–Trinajstić information content (AvgIpc) is 2.69. The first-order valence-electron chi connectivity index (χ1n) is 5.99. The highest BCUT2D eigenvalue weighted by atomic mass is 16.3. The van der Waals surface area contributed by atoms with E-state index in [0.29, 0.717) is 17.8 Å². The van der Waals surface area contributed by atoms with Crippen molar-refractivity contribution in [2.75, 3.05) is 13.1 Å². The van der Waals surface area contributed by atoms with E-state index >= 15 is 0 Å². The Hall–Kier alpha value is -1.06. The molecule has 0 aliphatic carbocycles. The van der Waals surface area contributed by atoms with Crippen molar-refractivity contribution < 1.29 is 5.11 Å². The van der Waals surface area contributed by atoms with E-state index in [0.717, 1.165) is 25.9 Å². The third kappa shape index (κ3) is 2.36. The van der Waals surface area contributed by atoms with Crippen LogP contribution in [0, 0.1) is 0 Å². The molecule has 0 saturated carbocycles. The predicted molar refractivity (Wildman–Crippen MR) is 65.3 cm³/mol. The summed E-state index contributed by atoms with van der Waals surface area (Å²) in [6.45, 7) is 4.27. The highest BCUT2D eigenvalue weighted by molar-refractivity contribution is 5.28. The molecule has 1 saturated heterocycles. The second-order valence-electron chi connectivity index (χ2n) is 4.56. The van der Waals surface area contributed by atoms with Crippen LogP contribution in [0.25, 0.3) is 0 Å². The standard InChI is InChI=1S/C13H20N2O/c1-2-13(15-8-7-11(14)9-15)10-3-5-12(16)6-4-10/h3-6,11,13,16H,2,7-9,14H2,1H3. The predicted octanol–water partition coefficient (Wildman–Crippen LogP) is 1.88. The number of rotatable bonds is 3. The quantitative estimate of drug-likeness (QED) is 0.817. The zero-order valence-electron chi connectivity index (χ0n) is 9.76. The van der Waals surface area contributed by atoms with Crippen LogP contribution in [-0.2, 0) is 0 Å². The van der Waals surface area contributed by atoms with Gasteiger partial charge < -0.3 is 10.8 Å². The van der Waals surface area contributed by atoms with Crippen LogP contribution in [-0.4, -0.2) is 29.1 Å². The van der Waals surface area contributed by atoms with Gasteiger partial charge in [-0.25, -0.2) is 0 Å². The molecule has 0 amide bonds. The number of phenols is 1. The summed E-state index contributed by atoms with van der Waals surface area (Å²) in [4.78, 5) is 2.44. The molecular formula is C13H20N2O. The summed E-state index contributed by atoms with van der Waals surface area (Å²) in [6, 6.07) is 8.29. The molecule has 1 aromatic rings. The first-order valence-corrected chi connectivity index (χ1v) is 5.99. The summed E-state index contributed by atoms with van der Waals surface area (Å²) in [5.74, 6) is 0.330. The SMILES string of the molecule is CCC(c1ccc(O)cc1)N1CCC(N)C1. The zero-order valence-corrected chi connectivity index (χ0v) is 9.76. The van der Waals surface area contributed by atoms with Crippen LogP contribution < -0.4 is 5.73 Å². The molecule has 2 unspecified atom stereocenters. The van der Waals surface area contributed by atoms with Gasteiger partial charge in [-0.2, -0.15) is 0 Å². The maximum absolute atomic E-state index is 9.28. The summed E-state index contributed by atoms with van der Waals surface area (Å²) in [5.41, 5.74) is 7.21. The largest absolute Gasteiger partial charge is 0.508 e. The Kier molecular flexibility index (Phi) is 3.46. The summed E-state index contributed by atoms with van der Waals surface area (Å²) in [6.07, 6.45) is 2.17. The van der Waals surface area contributed by atoms with Crippen LogP contribution in [0.5, 0.6) is 5.75 Å². The monoisotopic (exact) mass is 220 g/mol. The number of hydrogen-bond donors (Lipinski definition) is 2. The highest BCUT2D eigenvalue weighted by Crippen LogP contribution is 2.28. The Balaban J connectivity index is 2.13. The average molecular weight is 220 g/mol. The molecule has 1 aromatic carbocycles. The van der Waals surface area contributed by atoms with E-state index in [1.807, 2.05) is 12.1 Å². The van der Waals surface area contributed by atoms with Gasteiger partial charge in [0.05, 0.1) is 0 Å². The van der Waals surface area contributed by atoms with Crippen molar-refractivity contribution in [1.82, 2.24) is 4.90 Å². The van der Waals surface area contributed by atoms with E-state index in [4.69, 9.17) is 5.73 Å². The van der Waals surface area contributed by atoms with Gasteiger partial charge in [0.15, 0.2) is 0 Å². The van der Waals surface area contributed by atoms with Gasteiger partial charge in [0, 0.05) is 25.2 Å². The first-order chi connectivity index (χ1) is 7.70. The number of likely N-dealkylation sites (tertiary alicyclic amines) is 1. The lowest BCUT2D eigenvalue weighted by Crippen LogP contribution is -2.29. The van der Waals surface area contributed by atoms with Crippen molar-refractivity contribution in [3.63, 3.8) is 0 Å². The number of aromatic hydroxyl groups is 1. The number of phenolic OH excluding ortho intramolecular Hbond substituents is 1. The molecular weight excluding hydrogens is 200 g/mol. The smallest absolute Gasteiger partial charge is 0.115 e. The number of hydrogen-bond acceptors (Lipinski definition) is 3. The van der Waals surface area contributed by atoms with Crippen LogP contribution >= 0.6 is 0 Å². The van der Waals surface area contributed by atoms with Gasteiger partial charge in [-0.15, -0.1) is 0 Å². The molecule has 2 atom stereocenters. The molecule has 1 heterocycles. The normalized spacial score (nSPS) is 23.5. The Morgan fingerprint density at radius 2 is 2.12 bits per heavy atom.